The van der Waals surface area contributed by atoms with Crippen molar-refractivity contribution >= 4 is 52.1 Å². The van der Waals surface area contributed by atoms with Crippen molar-refractivity contribution in [3.8, 4) is 0 Å². The fraction of sp³-hybridized carbons (Fsp3) is 0.176. The van der Waals surface area contributed by atoms with Crippen molar-refractivity contribution in [1.82, 2.24) is 0 Å². The van der Waals surface area contributed by atoms with Crippen LogP contribution in [0.4, 0.5) is 17.1 Å². The molecule has 0 saturated heterocycles. The van der Waals surface area contributed by atoms with Crippen molar-refractivity contribution in [1.29, 1.82) is 0 Å². The van der Waals surface area contributed by atoms with E-state index in [9.17, 15) is 9.59 Å². The molecule has 0 fully saturated rings. The first-order valence-corrected chi connectivity index (χ1v) is 8.06. The Morgan fingerprint density at radius 1 is 0.958 bits per heavy atom. The van der Waals surface area contributed by atoms with Gasteiger partial charge in [-0.2, -0.15) is 0 Å². The minimum atomic E-state index is -0.141. The van der Waals surface area contributed by atoms with Crippen LogP contribution in [0.5, 0.6) is 0 Å². The van der Waals surface area contributed by atoms with Gasteiger partial charge in [-0.3, -0.25) is 9.59 Å². The molecule has 0 aliphatic rings. The lowest BCUT2D eigenvalue weighted by Crippen LogP contribution is -2.16. The van der Waals surface area contributed by atoms with E-state index in [0.717, 1.165) is 0 Å². The molecular formula is C17H17Cl2N3O2. The van der Waals surface area contributed by atoms with Gasteiger partial charge in [0.25, 0.3) is 0 Å². The maximum atomic E-state index is 11.9. The van der Waals surface area contributed by atoms with Crippen molar-refractivity contribution in [3.63, 3.8) is 0 Å². The Balaban J connectivity index is 1.81. The first kappa shape index (κ1) is 18.1. The van der Waals surface area contributed by atoms with Gasteiger partial charge in [0.15, 0.2) is 0 Å². The maximum Gasteiger partial charge on any atom is 0.226 e. The van der Waals surface area contributed by atoms with E-state index in [-0.39, 0.29) is 18.2 Å². The number of rotatable bonds is 6. The number of amides is 2. The number of carbonyl (C=O) groups excluding carboxylic acids is 2. The predicted octanol–water partition coefficient (Wildman–Crippen LogP) is 4.39. The van der Waals surface area contributed by atoms with Gasteiger partial charge in [-0.15, -0.1) is 0 Å². The molecule has 3 N–H and O–H groups in total. The molecule has 0 radical (unpaired) electrons. The predicted molar refractivity (Wildman–Crippen MR) is 98.9 cm³/mol. The zero-order valence-electron chi connectivity index (χ0n) is 13.0. The monoisotopic (exact) mass is 365 g/mol. The van der Waals surface area contributed by atoms with Crippen LogP contribution in [0.25, 0.3) is 0 Å². The number of carbonyl (C=O) groups is 2. The fourth-order valence-corrected chi connectivity index (χ4v) is 2.38. The third-order valence-corrected chi connectivity index (χ3v) is 3.93. The van der Waals surface area contributed by atoms with Gasteiger partial charge in [0.2, 0.25) is 11.8 Å². The quantitative estimate of drug-likeness (QED) is 0.710. The second kappa shape index (κ2) is 8.57. The highest BCUT2D eigenvalue weighted by molar-refractivity contribution is 6.43. The Labute approximate surface area is 150 Å². The summed E-state index contributed by atoms with van der Waals surface area (Å²) in [4.78, 5) is 22.9. The molecule has 24 heavy (non-hydrogen) atoms. The van der Waals surface area contributed by atoms with Gasteiger partial charge in [-0.1, -0.05) is 29.3 Å². The largest absolute Gasteiger partial charge is 0.383 e. The molecule has 2 aromatic rings. The summed E-state index contributed by atoms with van der Waals surface area (Å²) in [5.74, 6) is -0.273. The number of halogens is 2. The topological polar surface area (TPSA) is 70.2 Å². The molecule has 2 rings (SSSR count). The lowest BCUT2D eigenvalue weighted by molar-refractivity contribution is -0.116. The summed E-state index contributed by atoms with van der Waals surface area (Å²) >= 11 is 12.0. The normalized spacial score (nSPS) is 10.1. The molecule has 5 nitrogen and oxygen atoms in total. The van der Waals surface area contributed by atoms with Crippen LogP contribution in [0, 0.1) is 0 Å². The first-order chi connectivity index (χ1) is 11.5. The SMILES string of the molecule is CC(=O)Nc1ccc(NC(=O)CCNc2cccc(Cl)c2Cl)cc1. The lowest BCUT2D eigenvalue weighted by atomic mass is 10.2. The summed E-state index contributed by atoms with van der Waals surface area (Å²) in [7, 11) is 0. The Morgan fingerprint density at radius 3 is 2.21 bits per heavy atom. The van der Waals surface area contributed by atoms with E-state index in [1.54, 1.807) is 42.5 Å². The van der Waals surface area contributed by atoms with Gasteiger partial charge in [-0.25, -0.2) is 0 Å². The third kappa shape index (κ3) is 5.44. The van der Waals surface area contributed by atoms with Crippen molar-refractivity contribution in [2.75, 3.05) is 22.5 Å². The summed E-state index contributed by atoms with van der Waals surface area (Å²) < 4.78 is 0. The van der Waals surface area contributed by atoms with Crippen molar-refractivity contribution < 1.29 is 9.59 Å². The molecule has 126 valence electrons. The van der Waals surface area contributed by atoms with Crippen LogP contribution in [0.3, 0.4) is 0 Å². The highest BCUT2D eigenvalue weighted by atomic mass is 35.5. The molecule has 0 spiro atoms. The standard InChI is InChI=1S/C17H17Cl2N3O2/c1-11(23)21-12-5-7-13(8-6-12)22-16(24)9-10-20-15-4-2-3-14(18)17(15)19/h2-8,20H,9-10H2,1H3,(H,21,23)(H,22,24). The molecule has 0 unspecified atom stereocenters. The van der Waals surface area contributed by atoms with E-state index in [1.165, 1.54) is 6.92 Å². The zero-order chi connectivity index (χ0) is 17.5. The Bertz CT molecular complexity index is 733. The maximum absolute atomic E-state index is 11.9. The van der Waals surface area contributed by atoms with Crippen LogP contribution in [-0.2, 0) is 9.59 Å². The molecule has 0 atom stereocenters. The number of anilines is 3. The Hall–Kier alpha value is -2.24. The average molecular weight is 366 g/mol. The highest BCUT2D eigenvalue weighted by Crippen LogP contribution is 2.29. The Morgan fingerprint density at radius 2 is 1.58 bits per heavy atom. The molecule has 0 aromatic heterocycles. The second-order valence-corrected chi connectivity index (χ2v) is 5.87. The number of hydrogen-bond donors (Lipinski definition) is 3. The summed E-state index contributed by atoms with van der Waals surface area (Å²) in [6, 6.07) is 12.2. The van der Waals surface area contributed by atoms with E-state index < -0.39 is 0 Å². The molecular weight excluding hydrogens is 349 g/mol. The van der Waals surface area contributed by atoms with Gasteiger partial charge >= 0.3 is 0 Å². The van der Waals surface area contributed by atoms with E-state index in [4.69, 9.17) is 23.2 Å². The van der Waals surface area contributed by atoms with Crippen molar-refractivity contribution in [3.05, 3.63) is 52.5 Å². The number of hydrogen-bond acceptors (Lipinski definition) is 3. The van der Waals surface area contributed by atoms with Gasteiger partial charge in [0, 0.05) is 31.3 Å². The smallest absolute Gasteiger partial charge is 0.226 e. The molecule has 0 aliphatic carbocycles. The molecule has 7 heteroatoms. The van der Waals surface area contributed by atoms with E-state index >= 15 is 0 Å². The Kier molecular flexibility index (Phi) is 6.46. The fourth-order valence-electron chi connectivity index (χ4n) is 2.01. The zero-order valence-corrected chi connectivity index (χ0v) is 14.5. The van der Waals surface area contributed by atoms with Crippen LogP contribution in [0.15, 0.2) is 42.5 Å². The number of nitrogens with one attached hydrogen (secondary N) is 3. The highest BCUT2D eigenvalue weighted by Gasteiger charge is 2.06. The first-order valence-electron chi connectivity index (χ1n) is 7.31. The minimum absolute atomic E-state index is 0.132. The summed E-state index contributed by atoms with van der Waals surface area (Å²) in [5.41, 5.74) is 2.03. The van der Waals surface area contributed by atoms with E-state index in [2.05, 4.69) is 16.0 Å². The van der Waals surface area contributed by atoms with Gasteiger partial charge in [-0.05, 0) is 36.4 Å². The molecule has 0 heterocycles. The molecule has 2 aromatic carbocycles. The van der Waals surface area contributed by atoms with Gasteiger partial charge < -0.3 is 16.0 Å². The van der Waals surface area contributed by atoms with Gasteiger partial charge in [0.1, 0.15) is 0 Å². The van der Waals surface area contributed by atoms with Gasteiger partial charge in [0.05, 0.1) is 15.7 Å². The summed E-state index contributed by atoms with van der Waals surface area (Å²) in [5, 5.41) is 9.42. The van der Waals surface area contributed by atoms with Crippen LogP contribution in [-0.4, -0.2) is 18.4 Å². The van der Waals surface area contributed by atoms with Crippen LogP contribution >= 0.6 is 23.2 Å². The van der Waals surface area contributed by atoms with Crippen LogP contribution < -0.4 is 16.0 Å². The van der Waals surface area contributed by atoms with E-state index in [0.29, 0.717) is 33.7 Å². The molecule has 2 amide bonds. The lowest BCUT2D eigenvalue weighted by Gasteiger charge is -2.10. The molecule has 0 saturated carbocycles. The average Bonchev–Trinajstić information content (AvgIpc) is 2.53. The molecule has 0 aliphatic heterocycles. The van der Waals surface area contributed by atoms with Crippen LogP contribution in [0.1, 0.15) is 13.3 Å². The van der Waals surface area contributed by atoms with Crippen molar-refractivity contribution in [2.24, 2.45) is 0 Å². The van der Waals surface area contributed by atoms with Crippen molar-refractivity contribution in [2.45, 2.75) is 13.3 Å². The second-order valence-electron chi connectivity index (χ2n) is 5.08. The summed E-state index contributed by atoms with van der Waals surface area (Å²) in [6.45, 7) is 1.87. The van der Waals surface area contributed by atoms with E-state index in [1.807, 2.05) is 0 Å². The minimum Gasteiger partial charge on any atom is -0.383 e. The number of benzene rings is 2. The van der Waals surface area contributed by atoms with Crippen LogP contribution in [0.2, 0.25) is 10.0 Å². The third-order valence-electron chi connectivity index (χ3n) is 3.11. The summed E-state index contributed by atoms with van der Waals surface area (Å²) in [6.07, 6.45) is 0.274. The molecule has 0 bridgehead atoms.